The maximum absolute atomic E-state index is 10.7. The molecule has 0 N–H and O–H groups in total. The highest BCUT2D eigenvalue weighted by Crippen LogP contribution is 2.11. The molecule has 0 aliphatic heterocycles. The highest BCUT2D eigenvalue weighted by molar-refractivity contribution is 8.13. The molecular formula is C11H23ClO5S. The Morgan fingerprint density at radius 2 is 1.56 bits per heavy atom. The van der Waals surface area contributed by atoms with Crippen LogP contribution in [0.5, 0.6) is 0 Å². The summed E-state index contributed by atoms with van der Waals surface area (Å²) in [5.74, 6) is 0.309. The minimum absolute atomic E-state index is 0.0237. The van der Waals surface area contributed by atoms with Gasteiger partial charge in [0.2, 0.25) is 9.05 Å². The van der Waals surface area contributed by atoms with Gasteiger partial charge in [-0.25, -0.2) is 8.42 Å². The van der Waals surface area contributed by atoms with Crippen LogP contribution in [-0.4, -0.2) is 54.3 Å². The molecule has 0 rings (SSSR count). The first-order valence-electron chi connectivity index (χ1n) is 6.02. The first kappa shape index (κ1) is 18.1. The molecule has 0 aliphatic rings. The number of hydrogen-bond acceptors (Lipinski definition) is 5. The van der Waals surface area contributed by atoms with Crippen LogP contribution in [0.4, 0.5) is 0 Å². The molecule has 1 atom stereocenters. The van der Waals surface area contributed by atoms with Crippen molar-refractivity contribution in [3.05, 3.63) is 0 Å². The summed E-state index contributed by atoms with van der Waals surface area (Å²) in [6.07, 6.45) is 1.39. The molecule has 0 heterocycles. The van der Waals surface area contributed by atoms with Gasteiger partial charge in [0.25, 0.3) is 0 Å². The Morgan fingerprint density at radius 1 is 1.00 bits per heavy atom. The molecule has 1 unspecified atom stereocenters. The van der Waals surface area contributed by atoms with Gasteiger partial charge >= 0.3 is 0 Å². The summed E-state index contributed by atoms with van der Waals surface area (Å²) in [5.41, 5.74) is 0. The SMILES string of the molecule is COCCOCCOCCC(C)CCS(=O)(=O)Cl. The average Bonchev–Trinajstić information content (AvgIpc) is 2.29. The topological polar surface area (TPSA) is 61.8 Å². The molecule has 0 fully saturated rings. The van der Waals surface area contributed by atoms with Crippen LogP contribution in [0.3, 0.4) is 0 Å². The van der Waals surface area contributed by atoms with Crippen molar-refractivity contribution in [2.75, 3.05) is 45.9 Å². The molecule has 0 radical (unpaired) electrons. The summed E-state index contributed by atoms with van der Waals surface area (Å²) < 4.78 is 36.9. The third kappa shape index (κ3) is 14.2. The summed E-state index contributed by atoms with van der Waals surface area (Å²) >= 11 is 0. The normalized spacial score (nSPS) is 13.7. The Morgan fingerprint density at radius 3 is 2.11 bits per heavy atom. The van der Waals surface area contributed by atoms with E-state index >= 15 is 0 Å². The minimum Gasteiger partial charge on any atom is -0.382 e. The Bertz CT molecular complexity index is 281. The lowest BCUT2D eigenvalue weighted by atomic mass is 10.1. The van der Waals surface area contributed by atoms with Gasteiger partial charge in [-0.2, -0.15) is 0 Å². The zero-order valence-corrected chi connectivity index (χ0v) is 12.6. The molecule has 0 aromatic heterocycles. The molecule has 0 saturated carbocycles. The fourth-order valence-corrected chi connectivity index (χ4v) is 2.19. The number of methoxy groups -OCH3 is 1. The summed E-state index contributed by atoms with van der Waals surface area (Å²) in [6, 6.07) is 0. The molecule has 0 saturated heterocycles. The van der Waals surface area contributed by atoms with E-state index < -0.39 is 9.05 Å². The van der Waals surface area contributed by atoms with E-state index in [0.717, 1.165) is 6.42 Å². The van der Waals surface area contributed by atoms with E-state index in [1.807, 2.05) is 6.92 Å². The fraction of sp³-hybridized carbons (Fsp3) is 1.00. The maximum Gasteiger partial charge on any atom is 0.232 e. The second-order valence-electron chi connectivity index (χ2n) is 4.14. The van der Waals surface area contributed by atoms with Crippen molar-refractivity contribution in [3.63, 3.8) is 0 Å². The van der Waals surface area contributed by atoms with Crippen molar-refractivity contribution in [3.8, 4) is 0 Å². The molecule has 7 heteroatoms. The largest absolute Gasteiger partial charge is 0.382 e. The van der Waals surface area contributed by atoms with Crippen molar-refractivity contribution < 1.29 is 22.6 Å². The van der Waals surface area contributed by atoms with Crippen molar-refractivity contribution in [1.29, 1.82) is 0 Å². The van der Waals surface area contributed by atoms with E-state index in [9.17, 15) is 8.42 Å². The van der Waals surface area contributed by atoms with E-state index in [4.69, 9.17) is 24.9 Å². The quantitative estimate of drug-likeness (QED) is 0.405. The van der Waals surface area contributed by atoms with Gasteiger partial charge in [0, 0.05) is 24.4 Å². The van der Waals surface area contributed by atoms with Gasteiger partial charge < -0.3 is 14.2 Å². The van der Waals surface area contributed by atoms with Crippen LogP contribution in [0.25, 0.3) is 0 Å². The van der Waals surface area contributed by atoms with E-state index in [2.05, 4.69) is 0 Å². The van der Waals surface area contributed by atoms with Crippen LogP contribution in [0, 0.1) is 5.92 Å². The third-order valence-corrected chi connectivity index (χ3v) is 3.60. The van der Waals surface area contributed by atoms with Crippen LogP contribution in [0.2, 0.25) is 0 Å². The lowest BCUT2D eigenvalue weighted by Gasteiger charge is -2.10. The standard InChI is InChI=1S/C11H23ClO5S/c1-11(4-10-18(12,13)14)3-5-16-8-9-17-7-6-15-2/h11H,3-10H2,1-2H3. The second kappa shape index (κ2) is 11.0. The number of hydrogen-bond donors (Lipinski definition) is 0. The molecule has 0 spiro atoms. The molecular weight excluding hydrogens is 280 g/mol. The second-order valence-corrected chi connectivity index (χ2v) is 7.04. The van der Waals surface area contributed by atoms with Gasteiger partial charge in [0.1, 0.15) is 0 Å². The Labute approximate surface area is 114 Å². The molecule has 0 amide bonds. The van der Waals surface area contributed by atoms with Crippen molar-refractivity contribution in [2.45, 2.75) is 19.8 Å². The molecule has 5 nitrogen and oxygen atoms in total. The molecule has 110 valence electrons. The lowest BCUT2D eigenvalue weighted by molar-refractivity contribution is 0.0221. The van der Waals surface area contributed by atoms with E-state index in [0.29, 0.717) is 39.5 Å². The van der Waals surface area contributed by atoms with E-state index in [-0.39, 0.29) is 11.7 Å². The smallest absolute Gasteiger partial charge is 0.232 e. The van der Waals surface area contributed by atoms with Gasteiger partial charge in [-0.15, -0.1) is 0 Å². The fourth-order valence-electron chi connectivity index (χ4n) is 1.24. The van der Waals surface area contributed by atoms with Crippen molar-refractivity contribution in [1.82, 2.24) is 0 Å². The zero-order chi connectivity index (χ0) is 13.9. The van der Waals surface area contributed by atoms with Crippen LogP contribution < -0.4 is 0 Å². The summed E-state index contributed by atoms with van der Waals surface area (Å²) in [5, 5.41) is 0. The highest BCUT2D eigenvalue weighted by atomic mass is 35.7. The zero-order valence-electron chi connectivity index (χ0n) is 11.1. The molecule has 0 aromatic rings. The van der Waals surface area contributed by atoms with E-state index in [1.165, 1.54) is 0 Å². The van der Waals surface area contributed by atoms with Gasteiger partial charge in [-0.3, -0.25) is 0 Å². The van der Waals surface area contributed by atoms with Gasteiger partial charge in [0.05, 0.1) is 32.2 Å². The Kier molecular flexibility index (Phi) is 11.1. The maximum atomic E-state index is 10.7. The Balaban J connectivity index is 3.28. The van der Waals surface area contributed by atoms with E-state index in [1.54, 1.807) is 7.11 Å². The predicted octanol–water partition coefficient (Wildman–Crippen LogP) is 1.65. The molecule has 0 aliphatic carbocycles. The first-order valence-corrected chi connectivity index (χ1v) is 8.50. The highest BCUT2D eigenvalue weighted by Gasteiger charge is 2.09. The Hall–Kier alpha value is 0.120. The van der Waals surface area contributed by atoms with Crippen LogP contribution in [0.1, 0.15) is 19.8 Å². The number of ether oxygens (including phenoxy) is 3. The van der Waals surface area contributed by atoms with Crippen molar-refractivity contribution >= 4 is 19.7 Å². The molecule has 0 bridgehead atoms. The van der Waals surface area contributed by atoms with Crippen LogP contribution in [0.15, 0.2) is 0 Å². The summed E-state index contributed by atoms with van der Waals surface area (Å²) in [4.78, 5) is 0. The number of rotatable bonds is 12. The molecule has 18 heavy (non-hydrogen) atoms. The predicted molar refractivity (Wildman–Crippen MR) is 71.6 cm³/mol. The monoisotopic (exact) mass is 302 g/mol. The van der Waals surface area contributed by atoms with Crippen molar-refractivity contribution in [2.24, 2.45) is 5.92 Å². The van der Waals surface area contributed by atoms with Gasteiger partial charge in [-0.1, -0.05) is 6.92 Å². The first-order chi connectivity index (χ1) is 8.45. The minimum atomic E-state index is -3.37. The van der Waals surface area contributed by atoms with Gasteiger partial charge in [0.15, 0.2) is 0 Å². The lowest BCUT2D eigenvalue weighted by Crippen LogP contribution is -2.11. The summed E-state index contributed by atoms with van der Waals surface area (Å²) in [6.45, 7) is 4.85. The number of halogens is 1. The third-order valence-electron chi connectivity index (χ3n) is 2.41. The van der Waals surface area contributed by atoms with Crippen LogP contribution in [-0.2, 0) is 23.3 Å². The molecule has 0 aromatic carbocycles. The average molecular weight is 303 g/mol. The summed E-state index contributed by atoms with van der Waals surface area (Å²) in [7, 11) is 3.40. The van der Waals surface area contributed by atoms with Crippen LogP contribution >= 0.6 is 10.7 Å². The van der Waals surface area contributed by atoms with Gasteiger partial charge in [-0.05, 0) is 18.8 Å².